The molecule has 2 amide bonds. The van der Waals surface area contributed by atoms with Gasteiger partial charge in [0.25, 0.3) is 0 Å². The van der Waals surface area contributed by atoms with Crippen molar-refractivity contribution in [3.8, 4) is 11.1 Å². The number of ether oxygens (including phenoxy) is 1. The summed E-state index contributed by atoms with van der Waals surface area (Å²) in [5, 5.41) is 30.0. The van der Waals surface area contributed by atoms with Gasteiger partial charge in [0.2, 0.25) is 5.91 Å². The molecule has 170 valence electrons. The lowest BCUT2D eigenvalue weighted by atomic mass is 9.98. The van der Waals surface area contributed by atoms with Crippen molar-refractivity contribution in [3.63, 3.8) is 0 Å². The summed E-state index contributed by atoms with van der Waals surface area (Å²) in [5.74, 6) is -2.23. The molecule has 2 aromatic carbocycles. The number of aliphatic hydroxyl groups is 2. The number of benzene rings is 2. The van der Waals surface area contributed by atoms with E-state index in [0.717, 1.165) is 27.2 Å². The van der Waals surface area contributed by atoms with Gasteiger partial charge in [-0.15, -0.1) is 0 Å². The number of likely N-dealkylation sites (N-methyl/N-ethyl adjacent to an activating group) is 1. The quantitative estimate of drug-likeness (QED) is 0.458. The molecule has 1 atom stereocenters. The number of carbonyl (C=O) groups is 3. The van der Waals surface area contributed by atoms with E-state index in [2.05, 4.69) is 5.32 Å². The fourth-order valence-electron chi connectivity index (χ4n) is 3.89. The van der Waals surface area contributed by atoms with Crippen LogP contribution in [-0.2, 0) is 14.3 Å². The van der Waals surface area contributed by atoms with Crippen molar-refractivity contribution in [1.29, 1.82) is 0 Å². The summed E-state index contributed by atoms with van der Waals surface area (Å²) in [6, 6.07) is 13.3. The first kappa shape index (κ1) is 23.2. The van der Waals surface area contributed by atoms with E-state index >= 15 is 0 Å². The number of hydrogen-bond acceptors (Lipinski definition) is 6. The molecular formula is C23H26N2O7. The Hall–Kier alpha value is -3.43. The van der Waals surface area contributed by atoms with Crippen LogP contribution in [0.5, 0.6) is 0 Å². The maximum absolute atomic E-state index is 12.6. The molecule has 1 unspecified atom stereocenters. The number of nitrogens with one attached hydrogen (secondary N) is 1. The van der Waals surface area contributed by atoms with Crippen molar-refractivity contribution in [1.82, 2.24) is 10.2 Å². The molecule has 0 radical (unpaired) electrons. The van der Waals surface area contributed by atoms with E-state index in [1.165, 1.54) is 7.05 Å². The highest BCUT2D eigenvalue weighted by Crippen LogP contribution is 2.44. The highest BCUT2D eigenvalue weighted by molar-refractivity contribution is 5.89. The predicted octanol–water partition coefficient (Wildman–Crippen LogP) is 1.18. The van der Waals surface area contributed by atoms with E-state index in [4.69, 9.17) is 9.84 Å². The summed E-state index contributed by atoms with van der Waals surface area (Å²) in [5.41, 5.74) is 4.18. The smallest absolute Gasteiger partial charge is 0.407 e. The van der Waals surface area contributed by atoms with Gasteiger partial charge in [-0.2, -0.15) is 0 Å². The number of nitrogens with zero attached hydrogens (tertiary/aromatic N) is 1. The van der Waals surface area contributed by atoms with Crippen molar-refractivity contribution >= 4 is 18.0 Å². The SMILES string of the molecule is CN(C(=O)C(CC(=O)O)NC(=O)OCC1c2ccccc2-c2ccccc21)C(CO)CO. The van der Waals surface area contributed by atoms with Crippen LogP contribution in [0.15, 0.2) is 48.5 Å². The number of rotatable bonds is 9. The van der Waals surface area contributed by atoms with Crippen molar-refractivity contribution in [3.05, 3.63) is 59.7 Å². The highest BCUT2D eigenvalue weighted by atomic mass is 16.5. The molecule has 32 heavy (non-hydrogen) atoms. The van der Waals surface area contributed by atoms with Crippen molar-refractivity contribution in [2.45, 2.75) is 24.4 Å². The Balaban J connectivity index is 1.69. The summed E-state index contributed by atoms with van der Waals surface area (Å²) in [7, 11) is 1.31. The number of carbonyl (C=O) groups excluding carboxylic acids is 2. The van der Waals surface area contributed by atoms with Crippen LogP contribution >= 0.6 is 0 Å². The number of fused-ring (bicyclic) bond motifs is 3. The van der Waals surface area contributed by atoms with Crippen LogP contribution in [0.2, 0.25) is 0 Å². The molecule has 0 heterocycles. The summed E-state index contributed by atoms with van der Waals surface area (Å²) < 4.78 is 5.38. The maximum Gasteiger partial charge on any atom is 0.407 e. The Labute approximate surface area is 185 Å². The van der Waals surface area contributed by atoms with Crippen LogP contribution in [0.1, 0.15) is 23.5 Å². The average molecular weight is 442 g/mol. The molecule has 0 bridgehead atoms. The summed E-state index contributed by atoms with van der Waals surface area (Å²) in [6.45, 7) is -1.01. The Morgan fingerprint density at radius 2 is 1.53 bits per heavy atom. The van der Waals surface area contributed by atoms with Crippen LogP contribution in [0.4, 0.5) is 4.79 Å². The third-order valence-corrected chi connectivity index (χ3v) is 5.63. The van der Waals surface area contributed by atoms with Gasteiger partial charge in [-0.3, -0.25) is 9.59 Å². The van der Waals surface area contributed by atoms with Crippen molar-refractivity contribution in [2.24, 2.45) is 0 Å². The number of alkyl carbamates (subject to hydrolysis) is 1. The van der Waals surface area contributed by atoms with Gasteiger partial charge >= 0.3 is 12.1 Å². The number of carboxylic acids is 1. The molecule has 0 spiro atoms. The minimum Gasteiger partial charge on any atom is -0.481 e. The van der Waals surface area contributed by atoms with Crippen LogP contribution in [0.3, 0.4) is 0 Å². The molecule has 0 saturated heterocycles. The second kappa shape index (κ2) is 10.3. The van der Waals surface area contributed by atoms with Gasteiger partial charge < -0.3 is 30.3 Å². The largest absolute Gasteiger partial charge is 0.481 e. The minimum absolute atomic E-state index is 0.0135. The molecule has 4 N–H and O–H groups in total. The molecule has 1 aliphatic rings. The van der Waals surface area contributed by atoms with Crippen LogP contribution in [-0.4, -0.2) is 77.1 Å². The molecule has 0 fully saturated rings. The number of aliphatic carboxylic acids is 1. The topological polar surface area (TPSA) is 136 Å². The van der Waals surface area contributed by atoms with Gasteiger partial charge in [-0.1, -0.05) is 48.5 Å². The lowest BCUT2D eigenvalue weighted by molar-refractivity contribution is -0.143. The molecule has 0 aromatic heterocycles. The van der Waals surface area contributed by atoms with Gasteiger partial charge in [-0.25, -0.2) is 4.79 Å². The maximum atomic E-state index is 12.6. The molecule has 3 rings (SSSR count). The Kier molecular flexibility index (Phi) is 7.45. The third kappa shape index (κ3) is 4.90. The van der Waals surface area contributed by atoms with Crippen LogP contribution in [0, 0.1) is 0 Å². The molecule has 0 aliphatic heterocycles. The first-order valence-corrected chi connectivity index (χ1v) is 10.2. The molecule has 9 heteroatoms. The van der Waals surface area contributed by atoms with Gasteiger partial charge in [0.15, 0.2) is 0 Å². The lowest BCUT2D eigenvalue weighted by Crippen LogP contribution is -2.53. The van der Waals surface area contributed by atoms with E-state index < -0.39 is 49.7 Å². The second-order valence-corrected chi connectivity index (χ2v) is 7.59. The third-order valence-electron chi connectivity index (χ3n) is 5.63. The standard InChI is InChI=1S/C23H26N2O7/c1-25(14(11-26)12-27)22(30)20(10-21(28)29)24-23(31)32-13-19-17-8-4-2-6-15(17)16-7-3-5-9-18(16)19/h2-9,14,19-20,26-27H,10-13H2,1H3,(H,24,31)(H,28,29). The van der Waals surface area contributed by atoms with Crippen LogP contribution in [0.25, 0.3) is 11.1 Å². The Bertz CT molecular complexity index is 944. The zero-order valence-electron chi connectivity index (χ0n) is 17.6. The summed E-state index contributed by atoms with van der Waals surface area (Å²) >= 11 is 0. The minimum atomic E-state index is -1.41. The van der Waals surface area contributed by atoms with E-state index in [9.17, 15) is 24.6 Å². The second-order valence-electron chi connectivity index (χ2n) is 7.59. The Morgan fingerprint density at radius 3 is 2.03 bits per heavy atom. The monoisotopic (exact) mass is 442 g/mol. The zero-order chi connectivity index (χ0) is 23.3. The van der Waals surface area contributed by atoms with Gasteiger partial charge in [-0.05, 0) is 22.3 Å². The first-order valence-electron chi connectivity index (χ1n) is 10.2. The predicted molar refractivity (Wildman–Crippen MR) is 115 cm³/mol. The molecule has 0 saturated carbocycles. The molecule has 1 aliphatic carbocycles. The van der Waals surface area contributed by atoms with Crippen molar-refractivity contribution < 1.29 is 34.4 Å². The van der Waals surface area contributed by atoms with Gasteiger partial charge in [0.1, 0.15) is 12.6 Å². The normalized spacial score (nSPS) is 13.2. The summed E-state index contributed by atoms with van der Waals surface area (Å²) in [4.78, 5) is 37.3. The van der Waals surface area contributed by atoms with E-state index in [1.54, 1.807) is 0 Å². The number of hydrogen-bond donors (Lipinski definition) is 4. The van der Waals surface area contributed by atoms with E-state index in [0.29, 0.717) is 0 Å². The molecule has 2 aromatic rings. The average Bonchev–Trinajstić information content (AvgIpc) is 3.11. The highest BCUT2D eigenvalue weighted by Gasteiger charge is 2.32. The van der Waals surface area contributed by atoms with E-state index in [-0.39, 0.29) is 12.5 Å². The molecular weight excluding hydrogens is 416 g/mol. The van der Waals surface area contributed by atoms with Gasteiger partial charge in [0.05, 0.1) is 25.7 Å². The van der Waals surface area contributed by atoms with E-state index in [1.807, 2.05) is 48.5 Å². The number of aliphatic hydroxyl groups excluding tert-OH is 2. The first-order chi connectivity index (χ1) is 15.4. The number of carboxylic acid groups (broad SMARTS) is 1. The van der Waals surface area contributed by atoms with Gasteiger partial charge in [0, 0.05) is 13.0 Å². The number of amides is 2. The summed E-state index contributed by atoms with van der Waals surface area (Å²) in [6.07, 6.45) is -1.60. The van der Waals surface area contributed by atoms with Crippen molar-refractivity contribution in [2.75, 3.05) is 26.9 Å². The zero-order valence-corrected chi connectivity index (χ0v) is 17.6. The Morgan fingerprint density at radius 1 is 1.00 bits per heavy atom. The lowest BCUT2D eigenvalue weighted by Gasteiger charge is -2.28. The fraction of sp³-hybridized carbons (Fsp3) is 0.348. The van der Waals surface area contributed by atoms with Crippen LogP contribution < -0.4 is 5.32 Å². The fourth-order valence-corrected chi connectivity index (χ4v) is 3.89. The molecule has 9 nitrogen and oxygen atoms in total.